The highest BCUT2D eigenvalue weighted by molar-refractivity contribution is 5.77. The zero-order valence-corrected chi connectivity index (χ0v) is 15.9. The minimum Gasteiger partial charge on any atom is -0.459 e. The largest absolute Gasteiger partial charge is 0.459 e. The van der Waals surface area contributed by atoms with E-state index in [1.165, 1.54) is 7.11 Å². The molecule has 4 aliphatic rings. The van der Waals surface area contributed by atoms with Gasteiger partial charge in [0, 0.05) is 14.0 Å². The molecule has 0 saturated heterocycles. The van der Waals surface area contributed by atoms with E-state index in [2.05, 4.69) is 0 Å². The number of carbonyl (C=O) groups is 1. The lowest BCUT2D eigenvalue weighted by Crippen LogP contribution is -2.72. The molecule has 0 N–H and O–H groups in total. The van der Waals surface area contributed by atoms with Crippen LogP contribution in [0.3, 0.4) is 0 Å². The van der Waals surface area contributed by atoms with Gasteiger partial charge >= 0.3 is 5.97 Å². The molecule has 0 amide bonds. The third-order valence-corrected chi connectivity index (χ3v) is 7.12. The highest BCUT2D eigenvalue weighted by Gasteiger charge is 2.72. The van der Waals surface area contributed by atoms with Crippen LogP contribution in [0.5, 0.6) is 0 Å². The summed E-state index contributed by atoms with van der Waals surface area (Å²) >= 11 is 0. The second-order valence-corrected chi connectivity index (χ2v) is 8.96. The van der Waals surface area contributed by atoms with Crippen molar-refractivity contribution < 1.29 is 36.2 Å². The number of alkyl halides is 5. The average molecular weight is 398 g/mol. The first-order valence-electron chi connectivity index (χ1n) is 9.41. The van der Waals surface area contributed by atoms with Crippen LogP contribution < -0.4 is 0 Å². The monoisotopic (exact) mass is 398 g/mol. The SMILES string of the molecule is COC1(C(C)(F)C(F)CF)C2CC3CC1CC(C(=O)OCC(C)(F)F)(C3)C2. The van der Waals surface area contributed by atoms with Gasteiger partial charge in [0.2, 0.25) is 0 Å². The summed E-state index contributed by atoms with van der Waals surface area (Å²) in [5, 5.41) is 0. The van der Waals surface area contributed by atoms with Crippen LogP contribution in [0.4, 0.5) is 22.0 Å². The van der Waals surface area contributed by atoms with Gasteiger partial charge in [-0.25, -0.2) is 22.0 Å². The van der Waals surface area contributed by atoms with E-state index in [-0.39, 0.29) is 18.8 Å². The number of hydrogen-bond acceptors (Lipinski definition) is 3. The summed E-state index contributed by atoms with van der Waals surface area (Å²) in [6.07, 6.45) is -0.388. The van der Waals surface area contributed by atoms with Gasteiger partial charge in [-0.3, -0.25) is 4.79 Å². The average Bonchev–Trinajstić information content (AvgIpc) is 2.57. The summed E-state index contributed by atoms with van der Waals surface area (Å²) in [6, 6.07) is 0. The standard InChI is InChI=1S/C19H27F5O3/c1-16(22,23)10-27-15(25)18-6-11-4-12(7-18)19(26-3,13(5-11)8-18)17(2,24)14(21)9-20/h11-14H,4-10H2,1-3H3. The zero-order valence-electron chi connectivity index (χ0n) is 15.9. The molecule has 4 aliphatic carbocycles. The van der Waals surface area contributed by atoms with Crippen molar-refractivity contribution in [1.82, 2.24) is 0 Å². The van der Waals surface area contributed by atoms with Gasteiger partial charge in [-0.1, -0.05) is 0 Å². The van der Waals surface area contributed by atoms with Crippen LogP contribution in [0.1, 0.15) is 46.0 Å². The molecule has 0 spiro atoms. The number of halogens is 5. The van der Waals surface area contributed by atoms with E-state index in [1.807, 2.05) is 0 Å². The van der Waals surface area contributed by atoms with Gasteiger partial charge in [0.1, 0.15) is 12.3 Å². The molecule has 4 saturated carbocycles. The summed E-state index contributed by atoms with van der Waals surface area (Å²) in [5.41, 5.74) is -5.06. The fourth-order valence-corrected chi connectivity index (χ4v) is 6.28. The second-order valence-electron chi connectivity index (χ2n) is 8.96. The highest BCUT2D eigenvalue weighted by atomic mass is 19.3. The summed E-state index contributed by atoms with van der Waals surface area (Å²) < 4.78 is 79.5. The number of rotatable bonds is 7. The molecule has 0 aromatic heterocycles. The van der Waals surface area contributed by atoms with E-state index in [9.17, 15) is 22.4 Å². The minimum absolute atomic E-state index is 0.0969. The first kappa shape index (κ1) is 20.8. The van der Waals surface area contributed by atoms with Gasteiger partial charge in [-0.15, -0.1) is 0 Å². The van der Waals surface area contributed by atoms with E-state index in [0.29, 0.717) is 26.2 Å². The molecule has 27 heavy (non-hydrogen) atoms. The Morgan fingerprint density at radius 1 is 1.15 bits per heavy atom. The maximum Gasteiger partial charge on any atom is 0.312 e. The Morgan fingerprint density at radius 3 is 2.15 bits per heavy atom. The molecule has 0 aliphatic heterocycles. The molecule has 0 aromatic carbocycles. The van der Waals surface area contributed by atoms with Crippen molar-refractivity contribution in [2.45, 2.75) is 69.3 Å². The zero-order chi connectivity index (χ0) is 20.3. The first-order valence-corrected chi connectivity index (χ1v) is 9.41. The van der Waals surface area contributed by atoms with Crippen LogP contribution in [0.15, 0.2) is 0 Å². The summed E-state index contributed by atoms with van der Waals surface area (Å²) in [4.78, 5) is 12.7. The van der Waals surface area contributed by atoms with Crippen molar-refractivity contribution in [3.05, 3.63) is 0 Å². The summed E-state index contributed by atoms with van der Waals surface area (Å²) in [6.45, 7) is -0.758. The van der Waals surface area contributed by atoms with Crippen molar-refractivity contribution in [3.8, 4) is 0 Å². The molecule has 4 fully saturated rings. The van der Waals surface area contributed by atoms with Gasteiger partial charge < -0.3 is 9.47 Å². The predicted octanol–water partition coefficient (Wildman–Crippen LogP) is 4.43. The number of hydrogen-bond donors (Lipinski definition) is 0. The molecule has 0 aromatic rings. The Bertz CT molecular complexity index is 572. The van der Waals surface area contributed by atoms with Gasteiger partial charge in [-0.2, -0.15) is 0 Å². The number of carbonyl (C=O) groups excluding carboxylic acids is 1. The quantitative estimate of drug-likeness (QED) is 0.470. The van der Waals surface area contributed by atoms with E-state index >= 15 is 4.39 Å². The number of ether oxygens (including phenoxy) is 2. The van der Waals surface area contributed by atoms with E-state index in [1.54, 1.807) is 0 Å². The van der Waals surface area contributed by atoms with Crippen LogP contribution in [-0.2, 0) is 14.3 Å². The van der Waals surface area contributed by atoms with Crippen LogP contribution in [0.25, 0.3) is 0 Å². The molecule has 4 atom stereocenters. The molecule has 4 bridgehead atoms. The normalized spacial score (nSPS) is 41.3. The molecular weight excluding hydrogens is 371 g/mol. The van der Waals surface area contributed by atoms with Gasteiger partial charge in [0.15, 0.2) is 18.4 Å². The number of esters is 1. The Kier molecular flexibility index (Phi) is 5.06. The van der Waals surface area contributed by atoms with Gasteiger partial charge in [0.25, 0.3) is 5.92 Å². The Labute approximate surface area is 156 Å². The van der Waals surface area contributed by atoms with Crippen molar-refractivity contribution in [2.24, 2.45) is 23.2 Å². The van der Waals surface area contributed by atoms with E-state index in [4.69, 9.17) is 9.47 Å². The lowest BCUT2D eigenvalue weighted by molar-refractivity contribution is -0.280. The second kappa shape index (κ2) is 6.56. The third kappa shape index (κ3) is 3.06. The minimum atomic E-state index is -3.13. The maximum atomic E-state index is 15.6. The molecule has 4 rings (SSSR count). The first-order chi connectivity index (χ1) is 12.4. The predicted molar refractivity (Wildman–Crippen MR) is 87.7 cm³/mol. The van der Waals surface area contributed by atoms with Crippen LogP contribution >= 0.6 is 0 Å². The lowest BCUT2D eigenvalue weighted by atomic mass is 9.42. The van der Waals surface area contributed by atoms with Crippen molar-refractivity contribution in [3.63, 3.8) is 0 Å². The molecule has 156 valence electrons. The smallest absolute Gasteiger partial charge is 0.312 e. The fraction of sp³-hybridized carbons (Fsp3) is 0.947. The molecule has 4 unspecified atom stereocenters. The molecule has 8 heteroatoms. The van der Waals surface area contributed by atoms with Crippen LogP contribution in [-0.4, -0.2) is 49.7 Å². The van der Waals surface area contributed by atoms with Crippen molar-refractivity contribution >= 4 is 5.97 Å². The molecule has 0 radical (unpaired) electrons. The van der Waals surface area contributed by atoms with Crippen LogP contribution in [0, 0.1) is 23.2 Å². The number of methoxy groups -OCH3 is 1. The Balaban J connectivity index is 1.89. The molecular formula is C19H27F5O3. The lowest BCUT2D eigenvalue weighted by Gasteiger charge is -2.66. The summed E-state index contributed by atoms with van der Waals surface area (Å²) in [7, 11) is 1.30. The van der Waals surface area contributed by atoms with Gasteiger partial charge in [-0.05, 0) is 56.8 Å². The Morgan fingerprint density at radius 2 is 1.70 bits per heavy atom. The van der Waals surface area contributed by atoms with Crippen molar-refractivity contribution in [2.75, 3.05) is 20.4 Å². The topological polar surface area (TPSA) is 35.5 Å². The molecule has 0 heterocycles. The van der Waals surface area contributed by atoms with Gasteiger partial charge in [0.05, 0.1) is 5.41 Å². The highest BCUT2D eigenvalue weighted by Crippen LogP contribution is 2.68. The Hall–Kier alpha value is -0.920. The van der Waals surface area contributed by atoms with Crippen LogP contribution in [0.2, 0.25) is 0 Å². The van der Waals surface area contributed by atoms with Crippen molar-refractivity contribution in [1.29, 1.82) is 0 Å². The summed E-state index contributed by atoms with van der Waals surface area (Å²) in [5.74, 6) is -4.73. The third-order valence-electron chi connectivity index (χ3n) is 7.12. The fourth-order valence-electron chi connectivity index (χ4n) is 6.28. The maximum absolute atomic E-state index is 15.6. The molecule has 3 nitrogen and oxygen atoms in total. The van der Waals surface area contributed by atoms with E-state index < -0.39 is 59.9 Å². The van der Waals surface area contributed by atoms with E-state index in [0.717, 1.165) is 6.92 Å².